The van der Waals surface area contributed by atoms with Crippen molar-refractivity contribution in [1.82, 2.24) is 10.2 Å². The van der Waals surface area contributed by atoms with Gasteiger partial charge in [0.05, 0.1) is 6.61 Å². The molecule has 1 aliphatic rings. The number of urea groups is 1. The molecule has 1 N–H and O–H groups in total. The fourth-order valence-electron chi connectivity index (χ4n) is 2.31. The number of carbonyl (C=O) groups is 1. The second-order valence-corrected chi connectivity index (χ2v) is 4.57. The first-order valence-electron chi connectivity index (χ1n) is 6.38. The summed E-state index contributed by atoms with van der Waals surface area (Å²) in [6.07, 6.45) is 1.04. The Kier molecular flexibility index (Phi) is 4.59. The van der Waals surface area contributed by atoms with E-state index in [1.54, 1.807) is 7.11 Å². The lowest BCUT2D eigenvalue weighted by Crippen LogP contribution is -2.39. The average molecular weight is 248 g/mol. The van der Waals surface area contributed by atoms with Crippen molar-refractivity contribution in [2.24, 2.45) is 0 Å². The van der Waals surface area contributed by atoms with Gasteiger partial charge in [-0.1, -0.05) is 30.3 Å². The molecule has 1 atom stereocenters. The lowest BCUT2D eigenvalue weighted by molar-refractivity contribution is 0.185. The molecule has 1 saturated heterocycles. The van der Waals surface area contributed by atoms with Gasteiger partial charge in [-0.2, -0.15) is 0 Å². The van der Waals surface area contributed by atoms with Gasteiger partial charge in [-0.15, -0.1) is 0 Å². The van der Waals surface area contributed by atoms with E-state index in [4.69, 9.17) is 4.74 Å². The lowest BCUT2D eigenvalue weighted by atomic mass is 9.99. The van der Waals surface area contributed by atoms with Crippen molar-refractivity contribution in [1.29, 1.82) is 0 Å². The second-order valence-electron chi connectivity index (χ2n) is 4.57. The largest absolute Gasteiger partial charge is 0.383 e. The Balaban J connectivity index is 1.83. The van der Waals surface area contributed by atoms with E-state index in [9.17, 15) is 4.79 Å². The first kappa shape index (κ1) is 12.9. The van der Waals surface area contributed by atoms with Gasteiger partial charge in [0, 0.05) is 32.7 Å². The number of rotatable bonds is 4. The number of hydrogen-bond acceptors (Lipinski definition) is 2. The van der Waals surface area contributed by atoms with Gasteiger partial charge in [0.2, 0.25) is 0 Å². The van der Waals surface area contributed by atoms with Crippen LogP contribution in [0.5, 0.6) is 0 Å². The first-order chi connectivity index (χ1) is 8.81. The van der Waals surface area contributed by atoms with Crippen LogP contribution in [-0.4, -0.2) is 44.3 Å². The van der Waals surface area contributed by atoms with E-state index in [0.717, 1.165) is 19.5 Å². The van der Waals surface area contributed by atoms with Crippen LogP contribution in [0.2, 0.25) is 0 Å². The van der Waals surface area contributed by atoms with Crippen LogP contribution in [0, 0.1) is 0 Å². The molecule has 1 aromatic carbocycles. The van der Waals surface area contributed by atoms with Crippen LogP contribution in [0.1, 0.15) is 17.9 Å². The van der Waals surface area contributed by atoms with Gasteiger partial charge in [0.1, 0.15) is 0 Å². The van der Waals surface area contributed by atoms with E-state index in [1.807, 2.05) is 11.0 Å². The van der Waals surface area contributed by atoms with E-state index < -0.39 is 0 Å². The van der Waals surface area contributed by atoms with Crippen molar-refractivity contribution >= 4 is 6.03 Å². The predicted octanol–water partition coefficient (Wildman–Crippen LogP) is 1.83. The highest BCUT2D eigenvalue weighted by Crippen LogP contribution is 2.26. The maximum atomic E-state index is 11.9. The van der Waals surface area contributed by atoms with Gasteiger partial charge >= 0.3 is 6.03 Å². The number of ether oxygens (including phenoxy) is 1. The topological polar surface area (TPSA) is 41.6 Å². The minimum Gasteiger partial charge on any atom is -0.383 e. The summed E-state index contributed by atoms with van der Waals surface area (Å²) < 4.78 is 4.91. The zero-order chi connectivity index (χ0) is 12.8. The van der Waals surface area contributed by atoms with Crippen molar-refractivity contribution in [3.8, 4) is 0 Å². The highest BCUT2D eigenvalue weighted by atomic mass is 16.5. The molecule has 1 fully saturated rings. The van der Waals surface area contributed by atoms with Gasteiger partial charge in [-0.3, -0.25) is 0 Å². The quantitative estimate of drug-likeness (QED) is 0.826. The SMILES string of the molecule is COCCNC(=O)N1CCC(c2ccccc2)C1. The number of benzene rings is 1. The third-order valence-corrected chi connectivity index (χ3v) is 3.33. The Morgan fingerprint density at radius 2 is 2.22 bits per heavy atom. The van der Waals surface area contributed by atoms with E-state index in [2.05, 4.69) is 29.6 Å². The summed E-state index contributed by atoms with van der Waals surface area (Å²) in [5.41, 5.74) is 1.32. The lowest BCUT2D eigenvalue weighted by Gasteiger charge is -2.17. The summed E-state index contributed by atoms with van der Waals surface area (Å²) in [6, 6.07) is 10.4. The summed E-state index contributed by atoms with van der Waals surface area (Å²) in [5, 5.41) is 2.86. The standard InChI is InChI=1S/C14H20N2O2/c1-18-10-8-15-14(17)16-9-7-13(11-16)12-5-3-2-4-6-12/h2-6,13H,7-11H2,1H3,(H,15,17). The summed E-state index contributed by atoms with van der Waals surface area (Å²) >= 11 is 0. The molecule has 0 saturated carbocycles. The molecule has 1 heterocycles. The minimum absolute atomic E-state index is 0.0190. The van der Waals surface area contributed by atoms with E-state index >= 15 is 0 Å². The van der Waals surface area contributed by atoms with Gasteiger partial charge in [-0.05, 0) is 12.0 Å². The van der Waals surface area contributed by atoms with Crippen LogP contribution < -0.4 is 5.32 Å². The van der Waals surface area contributed by atoms with Crippen LogP contribution in [0.15, 0.2) is 30.3 Å². The molecule has 1 unspecified atom stereocenters. The predicted molar refractivity (Wildman–Crippen MR) is 70.6 cm³/mol. The Bertz CT molecular complexity index is 381. The maximum absolute atomic E-state index is 11.9. The number of amides is 2. The van der Waals surface area contributed by atoms with Gasteiger partial charge in [-0.25, -0.2) is 4.79 Å². The summed E-state index contributed by atoms with van der Waals surface area (Å²) in [7, 11) is 1.63. The normalized spacial score (nSPS) is 18.9. The van der Waals surface area contributed by atoms with Crippen molar-refractivity contribution in [2.45, 2.75) is 12.3 Å². The molecule has 2 amide bonds. The highest BCUT2D eigenvalue weighted by molar-refractivity contribution is 5.74. The number of nitrogens with one attached hydrogen (secondary N) is 1. The van der Waals surface area contributed by atoms with Crippen molar-refractivity contribution < 1.29 is 9.53 Å². The molecule has 4 heteroatoms. The molecule has 98 valence electrons. The van der Waals surface area contributed by atoms with Crippen molar-refractivity contribution in [3.05, 3.63) is 35.9 Å². The van der Waals surface area contributed by atoms with Crippen LogP contribution >= 0.6 is 0 Å². The van der Waals surface area contributed by atoms with Gasteiger partial charge in [0.15, 0.2) is 0 Å². The Morgan fingerprint density at radius 1 is 1.44 bits per heavy atom. The van der Waals surface area contributed by atoms with Crippen LogP contribution in [-0.2, 0) is 4.74 Å². The van der Waals surface area contributed by atoms with Gasteiger partial charge < -0.3 is 15.0 Å². The molecule has 0 radical (unpaired) electrons. The molecule has 2 rings (SSSR count). The number of likely N-dealkylation sites (tertiary alicyclic amines) is 1. The van der Waals surface area contributed by atoms with E-state index in [1.165, 1.54) is 5.56 Å². The Morgan fingerprint density at radius 3 is 2.94 bits per heavy atom. The van der Waals surface area contributed by atoms with Gasteiger partial charge in [0.25, 0.3) is 0 Å². The van der Waals surface area contributed by atoms with E-state index in [0.29, 0.717) is 19.1 Å². The van der Waals surface area contributed by atoms with Crippen molar-refractivity contribution in [3.63, 3.8) is 0 Å². The van der Waals surface area contributed by atoms with E-state index in [-0.39, 0.29) is 6.03 Å². The molecular formula is C14H20N2O2. The molecule has 1 aliphatic heterocycles. The molecule has 0 aromatic heterocycles. The molecule has 1 aromatic rings. The summed E-state index contributed by atoms with van der Waals surface area (Å²) in [5.74, 6) is 0.472. The third kappa shape index (κ3) is 3.23. The third-order valence-electron chi connectivity index (χ3n) is 3.33. The second kappa shape index (κ2) is 6.40. The molecule has 0 bridgehead atoms. The summed E-state index contributed by atoms with van der Waals surface area (Å²) in [6.45, 7) is 2.77. The smallest absolute Gasteiger partial charge is 0.317 e. The number of hydrogen-bond donors (Lipinski definition) is 1. The Hall–Kier alpha value is -1.55. The fraction of sp³-hybridized carbons (Fsp3) is 0.500. The number of methoxy groups -OCH3 is 1. The van der Waals surface area contributed by atoms with Crippen LogP contribution in [0.3, 0.4) is 0 Å². The fourth-order valence-corrected chi connectivity index (χ4v) is 2.31. The van der Waals surface area contributed by atoms with Crippen LogP contribution in [0.4, 0.5) is 4.79 Å². The molecule has 0 aliphatic carbocycles. The Labute approximate surface area is 108 Å². The molecular weight excluding hydrogens is 228 g/mol. The average Bonchev–Trinajstić information content (AvgIpc) is 2.89. The monoisotopic (exact) mass is 248 g/mol. The zero-order valence-corrected chi connectivity index (χ0v) is 10.8. The molecule has 0 spiro atoms. The van der Waals surface area contributed by atoms with Crippen LogP contribution in [0.25, 0.3) is 0 Å². The highest BCUT2D eigenvalue weighted by Gasteiger charge is 2.26. The summed E-state index contributed by atoms with van der Waals surface area (Å²) in [4.78, 5) is 13.7. The first-order valence-corrected chi connectivity index (χ1v) is 6.38. The maximum Gasteiger partial charge on any atom is 0.317 e. The molecule has 4 nitrogen and oxygen atoms in total. The number of carbonyl (C=O) groups excluding carboxylic acids is 1. The minimum atomic E-state index is 0.0190. The zero-order valence-electron chi connectivity index (χ0n) is 10.8. The molecule has 18 heavy (non-hydrogen) atoms. The number of nitrogens with zero attached hydrogens (tertiary/aromatic N) is 1. The van der Waals surface area contributed by atoms with Crippen molar-refractivity contribution in [2.75, 3.05) is 33.4 Å².